The van der Waals surface area contributed by atoms with E-state index < -0.39 is 6.04 Å². The minimum atomic E-state index is -0.628. The maximum Gasteiger partial charge on any atom is 0.226 e. The predicted octanol–water partition coefficient (Wildman–Crippen LogP) is 5.39. The summed E-state index contributed by atoms with van der Waals surface area (Å²) in [5.74, 6) is 2.38. The Bertz CT molecular complexity index is 1830. The Kier molecular flexibility index (Phi) is 8.13. The standard InChI is InChI=1S/C34H32N6O3/c1-42-25-16-17-29(30(21-25)43-2)40-31(18-15-23-10-4-3-5-11-23)38-39-34(40)33(27-22-36-28-14-7-6-13-26(27)28)37-32(41)20-24-12-8-9-19-35-24/h3-14,16-17,19,21-22,33,36H,15,18,20H2,1-2H3,(H,37,41)/t33-/m1/s1. The first-order valence-electron chi connectivity index (χ1n) is 14.1. The number of hydrogen-bond acceptors (Lipinski definition) is 6. The summed E-state index contributed by atoms with van der Waals surface area (Å²) < 4.78 is 13.3. The van der Waals surface area contributed by atoms with Gasteiger partial charge in [-0.25, -0.2) is 0 Å². The zero-order valence-electron chi connectivity index (χ0n) is 24.0. The number of carbonyl (C=O) groups excluding carboxylic acids is 1. The average Bonchev–Trinajstić information content (AvgIpc) is 3.68. The molecule has 216 valence electrons. The zero-order chi connectivity index (χ0) is 29.6. The summed E-state index contributed by atoms with van der Waals surface area (Å²) in [6.07, 6.45) is 5.12. The van der Waals surface area contributed by atoms with Crippen molar-refractivity contribution in [2.24, 2.45) is 0 Å². The number of aryl methyl sites for hydroxylation is 2. The van der Waals surface area contributed by atoms with E-state index in [1.54, 1.807) is 20.4 Å². The van der Waals surface area contributed by atoms with Gasteiger partial charge in [0.15, 0.2) is 5.82 Å². The monoisotopic (exact) mass is 572 g/mol. The molecular weight excluding hydrogens is 540 g/mol. The summed E-state index contributed by atoms with van der Waals surface area (Å²) >= 11 is 0. The summed E-state index contributed by atoms with van der Waals surface area (Å²) in [7, 11) is 3.24. The highest BCUT2D eigenvalue weighted by molar-refractivity contribution is 5.85. The van der Waals surface area contributed by atoms with Gasteiger partial charge in [0.1, 0.15) is 23.4 Å². The molecule has 1 amide bonds. The Balaban J connectivity index is 1.48. The van der Waals surface area contributed by atoms with E-state index in [2.05, 4.69) is 32.5 Å². The Morgan fingerprint density at radius 3 is 2.51 bits per heavy atom. The van der Waals surface area contributed by atoms with E-state index in [1.807, 2.05) is 89.6 Å². The maximum absolute atomic E-state index is 13.5. The summed E-state index contributed by atoms with van der Waals surface area (Å²) in [4.78, 5) is 21.2. The SMILES string of the molecule is COc1ccc(-n2c(CCc3ccccc3)nnc2[C@H](NC(=O)Cc2ccccn2)c2c[nH]c3ccccc23)c(OC)c1. The minimum absolute atomic E-state index is 0.126. The number of amides is 1. The second-order valence-corrected chi connectivity index (χ2v) is 10.1. The average molecular weight is 573 g/mol. The highest BCUT2D eigenvalue weighted by Gasteiger charge is 2.29. The van der Waals surface area contributed by atoms with Gasteiger partial charge in [0.2, 0.25) is 5.91 Å². The largest absolute Gasteiger partial charge is 0.497 e. The van der Waals surface area contributed by atoms with Crippen molar-refractivity contribution in [1.29, 1.82) is 0 Å². The lowest BCUT2D eigenvalue weighted by molar-refractivity contribution is -0.121. The van der Waals surface area contributed by atoms with Crippen LogP contribution in [0.25, 0.3) is 16.6 Å². The van der Waals surface area contributed by atoms with Crippen molar-refractivity contribution < 1.29 is 14.3 Å². The number of rotatable bonds is 11. The number of para-hydroxylation sites is 1. The second kappa shape index (κ2) is 12.6. The van der Waals surface area contributed by atoms with Crippen LogP contribution in [0.15, 0.2) is 103 Å². The number of H-pyrrole nitrogens is 1. The molecule has 3 aromatic carbocycles. The fraction of sp³-hybridized carbons (Fsp3) is 0.176. The van der Waals surface area contributed by atoms with Crippen molar-refractivity contribution >= 4 is 16.8 Å². The fourth-order valence-corrected chi connectivity index (χ4v) is 5.31. The number of aromatic nitrogens is 5. The molecule has 0 fully saturated rings. The smallest absolute Gasteiger partial charge is 0.226 e. The van der Waals surface area contributed by atoms with E-state index in [-0.39, 0.29) is 12.3 Å². The summed E-state index contributed by atoms with van der Waals surface area (Å²) in [5, 5.41) is 13.6. The van der Waals surface area contributed by atoms with Gasteiger partial charge in [-0.2, -0.15) is 0 Å². The van der Waals surface area contributed by atoms with Crippen molar-refractivity contribution in [2.75, 3.05) is 14.2 Å². The van der Waals surface area contributed by atoms with Crippen molar-refractivity contribution in [1.82, 2.24) is 30.0 Å². The van der Waals surface area contributed by atoms with Crippen molar-refractivity contribution in [3.05, 3.63) is 132 Å². The van der Waals surface area contributed by atoms with Gasteiger partial charge in [-0.15, -0.1) is 10.2 Å². The Labute approximate surface area is 249 Å². The maximum atomic E-state index is 13.5. The molecule has 0 aliphatic carbocycles. The van der Waals surface area contributed by atoms with E-state index in [0.717, 1.165) is 34.4 Å². The molecule has 2 N–H and O–H groups in total. The number of methoxy groups -OCH3 is 2. The minimum Gasteiger partial charge on any atom is -0.497 e. The molecule has 0 bridgehead atoms. The van der Waals surface area contributed by atoms with E-state index in [1.165, 1.54) is 5.56 Å². The van der Waals surface area contributed by atoms with E-state index in [0.29, 0.717) is 29.4 Å². The van der Waals surface area contributed by atoms with Crippen LogP contribution in [0.5, 0.6) is 11.5 Å². The van der Waals surface area contributed by atoms with Gasteiger partial charge in [-0.3, -0.25) is 14.3 Å². The van der Waals surface area contributed by atoms with Crippen LogP contribution in [0.1, 0.15) is 34.5 Å². The lowest BCUT2D eigenvalue weighted by atomic mass is 10.0. The second-order valence-electron chi connectivity index (χ2n) is 10.1. The van der Waals surface area contributed by atoms with Gasteiger partial charge in [-0.05, 0) is 42.3 Å². The number of nitrogens with zero attached hydrogens (tertiary/aromatic N) is 4. The summed E-state index contributed by atoms with van der Waals surface area (Å²) in [6.45, 7) is 0. The molecule has 9 heteroatoms. The molecule has 0 unspecified atom stereocenters. The molecule has 3 aromatic heterocycles. The normalized spacial score (nSPS) is 11.8. The zero-order valence-corrected chi connectivity index (χ0v) is 24.0. The van der Waals surface area contributed by atoms with Gasteiger partial charge in [-0.1, -0.05) is 54.6 Å². The van der Waals surface area contributed by atoms with Crippen LogP contribution in [-0.2, 0) is 24.1 Å². The highest BCUT2D eigenvalue weighted by Crippen LogP contribution is 2.34. The third kappa shape index (κ3) is 5.97. The quantitative estimate of drug-likeness (QED) is 0.216. The highest BCUT2D eigenvalue weighted by atomic mass is 16.5. The van der Waals surface area contributed by atoms with Gasteiger partial charge in [0, 0.05) is 47.0 Å². The van der Waals surface area contributed by atoms with Gasteiger partial charge in [0.05, 0.1) is 26.3 Å². The predicted molar refractivity (Wildman–Crippen MR) is 165 cm³/mol. The van der Waals surface area contributed by atoms with Crippen LogP contribution < -0.4 is 14.8 Å². The van der Waals surface area contributed by atoms with Gasteiger partial charge < -0.3 is 19.8 Å². The topological polar surface area (TPSA) is 107 Å². The van der Waals surface area contributed by atoms with E-state index in [9.17, 15) is 4.79 Å². The van der Waals surface area contributed by atoms with Crippen molar-refractivity contribution in [2.45, 2.75) is 25.3 Å². The molecule has 6 rings (SSSR count). The number of aromatic amines is 1. The number of nitrogens with one attached hydrogen (secondary N) is 2. The third-order valence-electron chi connectivity index (χ3n) is 7.43. The van der Waals surface area contributed by atoms with E-state index in [4.69, 9.17) is 14.6 Å². The van der Waals surface area contributed by atoms with Gasteiger partial charge >= 0.3 is 0 Å². The number of carbonyl (C=O) groups is 1. The van der Waals surface area contributed by atoms with Crippen LogP contribution in [0.2, 0.25) is 0 Å². The molecule has 0 radical (unpaired) electrons. The number of hydrogen-bond donors (Lipinski definition) is 2. The molecule has 0 saturated heterocycles. The number of ether oxygens (including phenoxy) is 2. The van der Waals surface area contributed by atoms with Crippen LogP contribution in [0.3, 0.4) is 0 Å². The molecule has 43 heavy (non-hydrogen) atoms. The Morgan fingerprint density at radius 1 is 0.907 bits per heavy atom. The van der Waals surface area contributed by atoms with E-state index >= 15 is 0 Å². The number of benzene rings is 3. The number of fused-ring (bicyclic) bond motifs is 1. The lowest BCUT2D eigenvalue weighted by Gasteiger charge is -2.21. The first kappa shape index (κ1) is 27.7. The Morgan fingerprint density at radius 2 is 1.72 bits per heavy atom. The Hall–Kier alpha value is -5.44. The lowest BCUT2D eigenvalue weighted by Crippen LogP contribution is -2.32. The van der Waals surface area contributed by atoms with Crippen LogP contribution in [-0.4, -0.2) is 44.9 Å². The molecule has 0 aliphatic rings. The van der Waals surface area contributed by atoms with Crippen LogP contribution in [0, 0.1) is 0 Å². The molecule has 9 nitrogen and oxygen atoms in total. The molecule has 0 saturated carbocycles. The molecule has 1 atom stereocenters. The molecular formula is C34H32N6O3. The molecule has 0 aliphatic heterocycles. The molecule has 0 spiro atoms. The van der Waals surface area contributed by atoms with Crippen molar-refractivity contribution in [3.63, 3.8) is 0 Å². The van der Waals surface area contributed by atoms with Crippen LogP contribution in [0.4, 0.5) is 0 Å². The third-order valence-corrected chi connectivity index (χ3v) is 7.43. The summed E-state index contributed by atoms with van der Waals surface area (Å²) in [5.41, 5.74) is 4.45. The van der Waals surface area contributed by atoms with Crippen molar-refractivity contribution in [3.8, 4) is 17.2 Å². The first-order valence-corrected chi connectivity index (χ1v) is 14.1. The molecule has 3 heterocycles. The fourth-order valence-electron chi connectivity index (χ4n) is 5.31. The molecule has 6 aromatic rings. The summed E-state index contributed by atoms with van der Waals surface area (Å²) in [6, 6.07) is 28.8. The first-order chi connectivity index (χ1) is 21.1. The number of pyridine rings is 1. The van der Waals surface area contributed by atoms with Crippen LogP contribution >= 0.6 is 0 Å². The van der Waals surface area contributed by atoms with Gasteiger partial charge in [0.25, 0.3) is 0 Å².